The first-order chi connectivity index (χ1) is 7.68. The molecule has 4 nitrogen and oxygen atoms in total. The quantitative estimate of drug-likeness (QED) is 0.832. The number of nitrogens with zero attached hydrogens (tertiary/aromatic N) is 2. The number of aryl methyl sites for hydroxylation is 1. The molecule has 1 fully saturated rings. The van der Waals surface area contributed by atoms with E-state index in [4.69, 9.17) is 5.11 Å². The zero-order chi connectivity index (χ0) is 11.3. The van der Waals surface area contributed by atoms with Gasteiger partial charge < -0.3 is 9.67 Å². The second-order valence-corrected chi connectivity index (χ2v) is 4.36. The summed E-state index contributed by atoms with van der Waals surface area (Å²) in [4.78, 5) is 15.2. The zero-order valence-corrected chi connectivity index (χ0v) is 8.92. The minimum Gasteiger partial charge on any atom is -0.481 e. The SMILES string of the molecule is Cn1cc([C@@H]2C[C@H]2C(=O)O)c2cccnc21. The molecule has 16 heavy (non-hydrogen) atoms. The summed E-state index contributed by atoms with van der Waals surface area (Å²) in [7, 11) is 1.94. The third kappa shape index (κ3) is 1.23. The van der Waals surface area contributed by atoms with Crippen LogP contribution in [0.3, 0.4) is 0 Å². The summed E-state index contributed by atoms with van der Waals surface area (Å²) in [5.41, 5.74) is 2.05. The van der Waals surface area contributed by atoms with Crippen molar-refractivity contribution in [3.05, 3.63) is 30.1 Å². The van der Waals surface area contributed by atoms with Gasteiger partial charge in [0.25, 0.3) is 0 Å². The smallest absolute Gasteiger partial charge is 0.307 e. The molecule has 2 aromatic heterocycles. The van der Waals surface area contributed by atoms with Crippen LogP contribution in [0, 0.1) is 5.92 Å². The Morgan fingerprint density at radius 1 is 1.62 bits per heavy atom. The normalized spacial score (nSPS) is 23.6. The highest BCUT2D eigenvalue weighted by molar-refractivity contribution is 5.84. The van der Waals surface area contributed by atoms with Crippen molar-refractivity contribution >= 4 is 17.0 Å². The first-order valence-corrected chi connectivity index (χ1v) is 5.31. The van der Waals surface area contributed by atoms with Crippen molar-refractivity contribution in [2.75, 3.05) is 0 Å². The summed E-state index contributed by atoms with van der Waals surface area (Å²) in [5.74, 6) is -0.720. The Labute approximate surface area is 92.5 Å². The van der Waals surface area contributed by atoms with Crippen molar-refractivity contribution in [3.63, 3.8) is 0 Å². The Balaban J connectivity index is 2.09. The lowest BCUT2D eigenvalue weighted by Gasteiger charge is -1.94. The summed E-state index contributed by atoms with van der Waals surface area (Å²) in [6, 6.07) is 3.90. The summed E-state index contributed by atoms with van der Waals surface area (Å²) < 4.78 is 1.96. The van der Waals surface area contributed by atoms with E-state index in [0.717, 1.165) is 23.0 Å². The minimum absolute atomic E-state index is 0.172. The molecule has 1 saturated carbocycles. The fourth-order valence-electron chi connectivity index (χ4n) is 2.35. The van der Waals surface area contributed by atoms with E-state index in [9.17, 15) is 4.79 Å². The molecule has 0 aromatic carbocycles. The molecule has 2 atom stereocenters. The van der Waals surface area contributed by atoms with Crippen LogP contribution in [0.4, 0.5) is 0 Å². The maximum atomic E-state index is 10.9. The van der Waals surface area contributed by atoms with Crippen molar-refractivity contribution in [2.24, 2.45) is 13.0 Å². The molecule has 0 radical (unpaired) electrons. The van der Waals surface area contributed by atoms with E-state index in [1.165, 1.54) is 0 Å². The van der Waals surface area contributed by atoms with Gasteiger partial charge in [-0.05, 0) is 24.1 Å². The molecule has 0 saturated heterocycles. The van der Waals surface area contributed by atoms with Crippen LogP contribution in [-0.4, -0.2) is 20.6 Å². The largest absolute Gasteiger partial charge is 0.481 e. The summed E-state index contributed by atoms with van der Waals surface area (Å²) in [5, 5.41) is 10.0. The van der Waals surface area contributed by atoms with Gasteiger partial charge in [-0.3, -0.25) is 4.79 Å². The predicted octanol–water partition coefficient (Wildman–Crippen LogP) is 1.76. The third-order valence-corrected chi connectivity index (χ3v) is 3.27. The van der Waals surface area contributed by atoms with Gasteiger partial charge in [0.05, 0.1) is 5.92 Å². The highest BCUT2D eigenvalue weighted by atomic mass is 16.4. The highest BCUT2D eigenvalue weighted by Crippen LogP contribution is 2.49. The molecule has 3 rings (SSSR count). The molecule has 0 spiro atoms. The van der Waals surface area contributed by atoms with Gasteiger partial charge in [-0.15, -0.1) is 0 Å². The average molecular weight is 216 g/mol. The van der Waals surface area contributed by atoms with Crippen molar-refractivity contribution in [1.82, 2.24) is 9.55 Å². The van der Waals surface area contributed by atoms with E-state index >= 15 is 0 Å². The molecule has 82 valence electrons. The molecule has 0 unspecified atom stereocenters. The Morgan fingerprint density at radius 2 is 2.44 bits per heavy atom. The number of aromatic nitrogens is 2. The van der Waals surface area contributed by atoms with Gasteiger partial charge >= 0.3 is 5.97 Å². The van der Waals surface area contributed by atoms with Crippen molar-refractivity contribution in [2.45, 2.75) is 12.3 Å². The van der Waals surface area contributed by atoms with Crippen LogP contribution in [0.2, 0.25) is 0 Å². The number of carboxylic acids is 1. The maximum absolute atomic E-state index is 10.9. The second-order valence-electron chi connectivity index (χ2n) is 4.36. The van der Waals surface area contributed by atoms with E-state index in [-0.39, 0.29) is 11.8 Å². The highest BCUT2D eigenvalue weighted by Gasteiger charge is 2.45. The number of pyridine rings is 1. The van der Waals surface area contributed by atoms with Gasteiger partial charge in [0, 0.05) is 30.7 Å². The molecular formula is C12H12N2O2. The molecule has 1 N–H and O–H groups in total. The number of carboxylic acid groups (broad SMARTS) is 1. The van der Waals surface area contributed by atoms with Crippen molar-refractivity contribution in [3.8, 4) is 0 Å². The minimum atomic E-state index is -0.689. The summed E-state index contributed by atoms with van der Waals surface area (Å²) >= 11 is 0. The number of hydrogen-bond donors (Lipinski definition) is 1. The first-order valence-electron chi connectivity index (χ1n) is 5.31. The van der Waals surface area contributed by atoms with Gasteiger partial charge in [-0.2, -0.15) is 0 Å². The zero-order valence-electron chi connectivity index (χ0n) is 8.92. The average Bonchev–Trinajstić information content (AvgIpc) is 3.00. The number of rotatable bonds is 2. The molecule has 1 aliphatic carbocycles. The van der Waals surface area contributed by atoms with Gasteiger partial charge in [-0.25, -0.2) is 4.98 Å². The van der Waals surface area contributed by atoms with Gasteiger partial charge in [0.15, 0.2) is 0 Å². The fraction of sp³-hybridized carbons (Fsp3) is 0.333. The molecule has 0 aliphatic heterocycles. The van der Waals surface area contributed by atoms with Gasteiger partial charge in [0.2, 0.25) is 0 Å². The molecule has 0 amide bonds. The topological polar surface area (TPSA) is 55.1 Å². The number of aliphatic carboxylic acids is 1. The van der Waals surface area contributed by atoms with Crippen molar-refractivity contribution in [1.29, 1.82) is 0 Å². The predicted molar refractivity (Wildman–Crippen MR) is 59.2 cm³/mol. The molecule has 1 aliphatic rings. The van der Waals surface area contributed by atoms with Crippen LogP contribution in [0.15, 0.2) is 24.5 Å². The van der Waals surface area contributed by atoms with E-state index < -0.39 is 5.97 Å². The second kappa shape index (κ2) is 3.07. The van der Waals surface area contributed by atoms with Crippen molar-refractivity contribution < 1.29 is 9.90 Å². The van der Waals surface area contributed by atoms with E-state index in [0.29, 0.717) is 0 Å². The molecule has 0 bridgehead atoms. The summed E-state index contributed by atoms with van der Waals surface area (Å²) in [6.07, 6.45) is 4.52. The van der Waals surface area contributed by atoms with Crippen LogP contribution >= 0.6 is 0 Å². The molecule has 4 heteroatoms. The van der Waals surface area contributed by atoms with Crippen LogP contribution < -0.4 is 0 Å². The Kier molecular flexibility index (Phi) is 1.80. The van der Waals surface area contributed by atoms with Crippen LogP contribution in [0.1, 0.15) is 17.9 Å². The van der Waals surface area contributed by atoms with Gasteiger partial charge in [-0.1, -0.05) is 0 Å². The summed E-state index contributed by atoms with van der Waals surface area (Å²) in [6.45, 7) is 0. The standard InChI is InChI=1S/C12H12N2O2/c1-14-6-10(8-5-9(8)12(15)16)7-3-2-4-13-11(7)14/h2-4,6,8-9H,5H2,1H3,(H,15,16)/t8-,9-/m1/s1. The Morgan fingerprint density at radius 3 is 3.12 bits per heavy atom. The number of carbonyl (C=O) groups is 1. The Hall–Kier alpha value is -1.84. The first kappa shape index (κ1) is 9.39. The van der Waals surface area contributed by atoms with Crippen LogP contribution in [-0.2, 0) is 11.8 Å². The third-order valence-electron chi connectivity index (χ3n) is 3.27. The Bertz CT molecular complexity index is 573. The van der Waals surface area contributed by atoms with E-state index in [1.807, 2.05) is 29.9 Å². The number of hydrogen-bond acceptors (Lipinski definition) is 2. The van der Waals surface area contributed by atoms with Gasteiger partial charge in [0.1, 0.15) is 5.65 Å². The van der Waals surface area contributed by atoms with E-state index in [2.05, 4.69) is 4.98 Å². The van der Waals surface area contributed by atoms with Crippen LogP contribution in [0.25, 0.3) is 11.0 Å². The molecule has 2 heterocycles. The lowest BCUT2D eigenvalue weighted by Crippen LogP contribution is -1.98. The lowest BCUT2D eigenvalue weighted by molar-refractivity contribution is -0.138. The monoisotopic (exact) mass is 216 g/mol. The maximum Gasteiger partial charge on any atom is 0.307 e. The molecule has 2 aromatic rings. The fourth-order valence-corrected chi connectivity index (χ4v) is 2.35. The molecular weight excluding hydrogens is 204 g/mol. The number of fused-ring (bicyclic) bond motifs is 1. The van der Waals surface area contributed by atoms with E-state index in [1.54, 1.807) is 6.20 Å². The lowest BCUT2D eigenvalue weighted by atomic mass is 10.1. The van der Waals surface area contributed by atoms with Crippen LogP contribution in [0.5, 0.6) is 0 Å².